The number of hydrogen-bond donors (Lipinski definition) is 0. The van der Waals surface area contributed by atoms with Gasteiger partial charge in [0, 0.05) is 29.2 Å². The Labute approximate surface area is 113 Å². The molecule has 0 fully saturated rings. The molecule has 0 atom stereocenters. The molecule has 2 rings (SSSR count). The average Bonchev–Trinajstić information content (AvgIpc) is 2.69. The molecule has 0 saturated carbocycles. The highest BCUT2D eigenvalue weighted by molar-refractivity contribution is 9.10. The minimum absolute atomic E-state index is 0.0326. The maximum Gasteiger partial charge on any atom is 0.187 e. The van der Waals surface area contributed by atoms with E-state index in [0.29, 0.717) is 10.7 Å². The Morgan fingerprint density at radius 2 is 2.29 bits per heavy atom. The number of aryl methyl sites for hydroxylation is 1. The van der Waals surface area contributed by atoms with Gasteiger partial charge in [0.25, 0.3) is 0 Å². The number of imidazole rings is 1. The van der Waals surface area contributed by atoms with Gasteiger partial charge < -0.3 is 4.57 Å². The molecule has 88 valence electrons. The van der Waals surface area contributed by atoms with E-state index in [2.05, 4.69) is 20.9 Å². The third-order valence-electron chi connectivity index (χ3n) is 2.36. The highest BCUT2D eigenvalue weighted by Gasteiger charge is 2.12. The molecule has 1 aromatic heterocycles. The summed E-state index contributed by atoms with van der Waals surface area (Å²) in [4.78, 5) is 15.9. The predicted molar refractivity (Wildman–Crippen MR) is 70.4 cm³/mol. The molecule has 1 heterocycles. The Hall–Kier alpha value is -1.13. The van der Waals surface area contributed by atoms with E-state index in [4.69, 9.17) is 11.6 Å². The fourth-order valence-electron chi connectivity index (χ4n) is 1.49. The van der Waals surface area contributed by atoms with E-state index in [-0.39, 0.29) is 12.2 Å². The number of ketones is 1. The van der Waals surface area contributed by atoms with Gasteiger partial charge in [-0.15, -0.1) is 0 Å². The van der Waals surface area contributed by atoms with Crippen molar-refractivity contribution in [1.82, 2.24) is 9.55 Å². The number of halogens is 2. The highest BCUT2D eigenvalue weighted by atomic mass is 79.9. The lowest BCUT2D eigenvalue weighted by molar-refractivity contribution is 0.0988. The second-order valence-electron chi connectivity index (χ2n) is 3.76. The monoisotopic (exact) mass is 312 g/mol. The number of Topliss-reactive ketones (excluding diaryl/α,β-unsaturated/α-hetero) is 1. The molecular weight excluding hydrogens is 304 g/mol. The molecular formula is C12H10BrClN2O. The van der Waals surface area contributed by atoms with Crippen molar-refractivity contribution in [1.29, 1.82) is 0 Å². The first kappa shape index (κ1) is 12.3. The maximum atomic E-state index is 11.9. The van der Waals surface area contributed by atoms with Gasteiger partial charge in [0.05, 0.1) is 6.33 Å². The second kappa shape index (κ2) is 5.02. The fraction of sp³-hybridized carbons (Fsp3) is 0.167. The van der Waals surface area contributed by atoms with Crippen LogP contribution in [0.25, 0.3) is 0 Å². The van der Waals surface area contributed by atoms with Crippen molar-refractivity contribution < 1.29 is 4.79 Å². The molecule has 3 nitrogen and oxygen atoms in total. The Bertz CT molecular complexity index is 565. The van der Waals surface area contributed by atoms with Gasteiger partial charge in [-0.3, -0.25) is 4.79 Å². The maximum absolute atomic E-state index is 11.9. The Morgan fingerprint density at radius 3 is 2.88 bits per heavy atom. The molecule has 17 heavy (non-hydrogen) atoms. The summed E-state index contributed by atoms with van der Waals surface area (Å²) in [5, 5.41) is 0.587. The molecule has 0 aliphatic rings. The number of benzene rings is 1. The van der Waals surface area contributed by atoms with Gasteiger partial charge in [0.1, 0.15) is 5.69 Å². The van der Waals surface area contributed by atoms with Crippen molar-refractivity contribution in [2.75, 3.05) is 0 Å². The zero-order valence-corrected chi connectivity index (χ0v) is 11.5. The minimum atomic E-state index is -0.0326. The van der Waals surface area contributed by atoms with Crippen LogP contribution in [0.4, 0.5) is 0 Å². The van der Waals surface area contributed by atoms with Crippen molar-refractivity contribution in [3.63, 3.8) is 0 Å². The summed E-state index contributed by atoms with van der Waals surface area (Å²) in [6.07, 6.45) is 3.58. The number of carbonyl (C=O) groups is 1. The quantitative estimate of drug-likeness (QED) is 0.815. The molecule has 0 N–H and O–H groups in total. The van der Waals surface area contributed by atoms with E-state index >= 15 is 0 Å². The van der Waals surface area contributed by atoms with Gasteiger partial charge in [0.15, 0.2) is 5.78 Å². The molecule has 0 unspecified atom stereocenters. The summed E-state index contributed by atoms with van der Waals surface area (Å²) in [6, 6.07) is 5.49. The zero-order chi connectivity index (χ0) is 12.4. The van der Waals surface area contributed by atoms with Gasteiger partial charge in [-0.1, -0.05) is 33.6 Å². The number of rotatable bonds is 3. The van der Waals surface area contributed by atoms with E-state index in [0.717, 1.165) is 10.0 Å². The Morgan fingerprint density at radius 1 is 1.53 bits per heavy atom. The lowest BCUT2D eigenvalue weighted by Crippen LogP contribution is -2.04. The van der Waals surface area contributed by atoms with Crippen molar-refractivity contribution >= 4 is 33.3 Å². The van der Waals surface area contributed by atoms with Crippen LogP contribution >= 0.6 is 27.5 Å². The van der Waals surface area contributed by atoms with E-state index < -0.39 is 0 Å². The van der Waals surface area contributed by atoms with Crippen molar-refractivity contribution in [3.05, 3.63) is 51.5 Å². The predicted octanol–water partition coefficient (Wildman–Crippen LogP) is 3.26. The molecule has 0 bridgehead atoms. The van der Waals surface area contributed by atoms with Crippen LogP contribution in [0.3, 0.4) is 0 Å². The van der Waals surface area contributed by atoms with Gasteiger partial charge in [-0.25, -0.2) is 4.98 Å². The number of aromatic nitrogens is 2. The summed E-state index contributed by atoms with van der Waals surface area (Å²) in [7, 11) is 1.83. The largest absolute Gasteiger partial charge is 0.340 e. The molecule has 0 saturated heterocycles. The van der Waals surface area contributed by atoms with Crippen LogP contribution in [0.1, 0.15) is 16.1 Å². The van der Waals surface area contributed by atoms with Crippen LogP contribution in [0.15, 0.2) is 35.2 Å². The highest BCUT2D eigenvalue weighted by Crippen LogP contribution is 2.22. The topological polar surface area (TPSA) is 34.9 Å². The van der Waals surface area contributed by atoms with Crippen molar-refractivity contribution in [2.24, 2.45) is 7.05 Å². The molecule has 0 aliphatic heterocycles. The van der Waals surface area contributed by atoms with Crippen LogP contribution in [0.2, 0.25) is 5.02 Å². The molecule has 5 heteroatoms. The van der Waals surface area contributed by atoms with Gasteiger partial charge >= 0.3 is 0 Å². The van der Waals surface area contributed by atoms with Crippen LogP contribution in [-0.2, 0) is 13.5 Å². The number of carbonyl (C=O) groups excluding carboxylic acids is 1. The van der Waals surface area contributed by atoms with E-state index in [9.17, 15) is 4.79 Å². The third kappa shape index (κ3) is 2.96. The fourth-order valence-corrected chi connectivity index (χ4v) is 2.23. The molecule has 0 aliphatic carbocycles. The zero-order valence-electron chi connectivity index (χ0n) is 9.15. The third-order valence-corrected chi connectivity index (χ3v) is 3.20. The lowest BCUT2D eigenvalue weighted by Gasteiger charge is -2.02. The Balaban J connectivity index is 2.18. The van der Waals surface area contributed by atoms with E-state index in [1.165, 1.54) is 0 Å². The average molecular weight is 314 g/mol. The first-order valence-electron chi connectivity index (χ1n) is 5.01. The lowest BCUT2D eigenvalue weighted by atomic mass is 10.1. The van der Waals surface area contributed by atoms with Gasteiger partial charge in [0.2, 0.25) is 0 Å². The van der Waals surface area contributed by atoms with Crippen LogP contribution in [0, 0.1) is 0 Å². The second-order valence-corrected chi connectivity index (χ2v) is 5.08. The summed E-state index contributed by atoms with van der Waals surface area (Å²) in [5.41, 5.74) is 1.28. The Kier molecular flexibility index (Phi) is 3.64. The van der Waals surface area contributed by atoms with Crippen LogP contribution in [0.5, 0.6) is 0 Å². The number of nitrogens with zero attached hydrogens (tertiary/aromatic N) is 2. The number of hydrogen-bond acceptors (Lipinski definition) is 2. The van der Waals surface area contributed by atoms with Gasteiger partial charge in [-0.05, 0) is 17.7 Å². The summed E-state index contributed by atoms with van der Waals surface area (Å²) in [6.45, 7) is 0. The summed E-state index contributed by atoms with van der Waals surface area (Å²) < 4.78 is 2.65. The van der Waals surface area contributed by atoms with Crippen molar-refractivity contribution in [2.45, 2.75) is 6.42 Å². The van der Waals surface area contributed by atoms with E-state index in [1.54, 1.807) is 23.2 Å². The molecule has 1 aromatic carbocycles. The smallest absolute Gasteiger partial charge is 0.187 e. The molecule has 0 spiro atoms. The normalized spacial score (nSPS) is 10.5. The van der Waals surface area contributed by atoms with Crippen molar-refractivity contribution in [3.8, 4) is 0 Å². The minimum Gasteiger partial charge on any atom is -0.340 e. The summed E-state index contributed by atoms with van der Waals surface area (Å²) in [5.74, 6) is -0.0326. The van der Waals surface area contributed by atoms with Gasteiger partial charge in [-0.2, -0.15) is 0 Å². The molecule has 0 radical (unpaired) electrons. The van der Waals surface area contributed by atoms with E-state index in [1.807, 2.05) is 19.2 Å². The standard InChI is InChI=1S/C12H10BrClN2O/c1-16-6-11(15-7-16)12(17)4-8-2-3-9(13)5-10(8)14/h2-3,5-7H,4H2,1H3. The summed E-state index contributed by atoms with van der Waals surface area (Å²) >= 11 is 9.38. The first-order valence-corrected chi connectivity index (χ1v) is 6.18. The SMILES string of the molecule is Cn1cnc(C(=O)Cc2ccc(Br)cc2Cl)c1. The molecule has 2 aromatic rings. The van der Waals surface area contributed by atoms with Crippen LogP contribution < -0.4 is 0 Å². The molecule has 0 amide bonds. The first-order chi connectivity index (χ1) is 8.06. The van der Waals surface area contributed by atoms with Crippen LogP contribution in [-0.4, -0.2) is 15.3 Å².